The molecule has 21 heavy (non-hydrogen) atoms. The Hall–Kier alpha value is -1.03. The standard InChI is InChI=1S/C17H26BrNO2/c1-5-13(4)12-17(6-2,16(20)21-7-3)19-15-10-8-9-14(18)11-15/h8-11,13,19H,5-7,12H2,1-4H3. The molecular formula is C17H26BrNO2. The van der Waals surface area contributed by atoms with Crippen molar-refractivity contribution in [2.24, 2.45) is 5.92 Å². The van der Waals surface area contributed by atoms with Gasteiger partial charge in [-0.05, 0) is 43.9 Å². The van der Waals surface area contributed by atoms with Crippen LogP contribution in [-0.4, -0.2) is 18.1 Å². The maximum absolute atomic E-state index is 12.5. The quantitative estimate of drug-likeness (QED) is 0.666. The molecule has 1 aromatic rings. The average Bonchev–Trinajstić information content (AvgIpc) is 2.46. The maximum atomic E-state index is 12.5. The molecule has 0 aliphatic rings. The van der Waals surface area contributed by atoms with Crippen molar-refractivity contribution in [1.82, 2.24) is 0 Å². The molecule has 0 bridgehead atoms. The Kier molecular flexibility index (Phi) is 7.23. The van der Waals surface area contributed by atoms with Crippen LogP contribution in [0.25, 0.3) is 0 Å². The van der Waals surface area contributed by atoms with Crippen molar-refractivity contribution in [3.05, 3.63) is 28.7 Å². The zero-order chi connectivity index (χ0) is 15.9. The van der Waals surface area contributed by atoms with Gasteiger partial charge in [0.25, 0.3) is 0 Å². The highest BCUT2D eigenvalue weighted by molar-refractivity contribution is 9.10. The van der Waals surface area contributed by atoms with Crippen molar-refractivity contribution in [3.8, 4) is 0 Å². The molecule has 0 spiro atoms. The molecule has 0 amide bonds. The normalized spacial score (nSPS) is 15.1. The minimum Gasteiger partial charge on any atom is -0.464 e. The van der Waals surface area contributed by atoms with Crippen LogP contribution in [0, 0.1) is 5.92 Å². The molecule has 0 saturated carbocycles. The summed E-state index contributed by atoms with van der Waals surface area (Å²) >= 11 is 3.47. The first-order valence-corrected chi connectivity index (χ1v) is 8.47. The summed E-state index contributed by atoms with van der Waals surface area (Å²) in [4.78, 5) is 12.5. The van der Waals surface area contributed by atoms with Crippen molar-refractivity contribution in [2.45, 2.75) is 52.5 Å². The Morgan fingerprint density at radius 2 is 2.10 bits per heavy atom. The molecule has 0 saturated heterocycles. The maximum Gasteiger partial charge on any atom is 0.331 e. The summed E-state index contributed by atoms with van der Waals surface area (Å²) in [6.07, 6.45) is 2.51. The fourth-order valence-electron chi connectivity index (χ4n) is 2.41. The number of hydrogen-bond acceptors (Lipinski definition) is 3. The molecule has 1 rings (SSSR count). The number of halogens is 1. The molecule has 4 heteroatoms. The van der Waals surface area contributed by atoms with Crippen molar-refractivity contribution in [1.29, 1.82) is 0 Å². The molecule has 0 aliphatic heterocycles. The van der Waals surface area contributed by atoms with E-state index in [0.717, 1.165) is 23.0 Å². The SMILES string of the molecule is CCOC(=O)C(CC)(CC(C)CC)Nc1cccc(Br)c1. The lowest BCUT2D eigenvalue weighted by Crippen LogP contribution is -2.48. The van der Waals surface area contributed by atoms with E-state index in [2.05, 4.69) is 35.1 Å². The van der Waals surface area contributed by atoms with Crippen molar-refractivity contribution in [2.75, 3.05) is 11.9 Å². The molecular weight excluding hydrogens is 330 g/mol. The second-order valence-electron chi connectivity index (χ2n) is 5.51. The Morgan fingerprint density at radius 1 is 1.38 bits per heavy atom. The van der Waals surface area contributed by atoms with Gasteiger partial charge in [-0.1, -0.05) is 49.2 Å². The third kappa shape index (κ3) is 5.03. The van der Waals surface area contributed by atoms with Gasteiger partial charge in [-0.3, -0.25) is 0 Å². The van der Waals surface area contributed by atoms with Gasteiger partial charge in [0.1, 0.15) is 5.54 Å². The minimum atomic E-state index is -0.660. The lowest BCUT2D eigenvalue weighted by Gasteiger charge is -2.34. The van der Waals surface area contributed by atoms with E-state index in [-0.39, 0.29) is 5.97 Å². The predicted molar refractivity (Wildman–Crippen MR) is 91.5 cm³/mol. The minimum absolute atomic E-state index is 0.159. The predicted octanol–water partition coefficient (Wildman–Crippen LogP) is 5.01. The molecule has 118 valence electrons. The van der Waals surface area contributed by atoms with Gasteiger partial charge >= 0.3 is 5.97 Å². The van der Waals surface area contributed by atoms with Gasteiger partial charge in [0.15, 0.2) is 0 Å². The number of nitrogens with one attached hydrogen (secondary N) is 1. The highest BCUT2D eigenvalue weighted by Crippen LogP contribution is 2.30. The van der Waals surface area contributed by atoms with Crippen LogP contribution in [0.1, 0.15) is 47.0 Å². The van der Waals surface area contributed by atoms with Crippen LogP contribution < -0.4 is 5.32 Å². The number of anilines is 1. The van der Waals surface area contributed by atoms with Crippen molar-refractivity contribution < 1.29 is 9.53 Å². The molecule has 0 radical (unpaired) electrons. The zero-order valence-electron chi connectivity index (χ0n) is 13.4. The van der Waals surface area contributed by atoms with Crippen LogP contribution in [0.3, 0.4) is 0 Å². The number of carbonyl (C=O) groups is 1. The van der Waals surface area contributed by atoms with E-state index in [1.54, 1.807) is 0 Å². The third-order valence-electron chi connectivity index (χ3n) is 3.87. The smallest absolute Gasteiger partial charge is 0.331 e. The largest absolute Gasteiger partial charge is 0.464 e. The highest BCUT2D eigenvalue weighted by atomic mass is 79.9. The highest BCUT2D eigenvalue weighted by Gasteiger charge is 2.39. The first-order chi connectivity index (χ1) is 9.97. The van der Waals surface area contributed by atoms with Gasteiger partial charge in [-0.2, -0.15) is 0 Å². The third-order valence-corrected chi connectivity index (χ3v) is 4.37. The van der Waals surface area contributed by atoms with Gasteiger partial charge in [0, 0.05) is 10.2 Å². The topological polar surface area (TPSA) is 38.3 Å². The fraction of sp³-hybridized carbons (Fsp3) is 0.588. The van der Waals surface area contributed by atoms with Gasteiger partial charge in [-0.25, -0.2) is 4.79 Å². The van der Waals surface area contributed by atoms with Gasteiger partial charge in [-0.15, -0.1) is 0 Å². The fourth-order valence-corrected chi connectivity index (χ4v) is 2.81. The monoisotopic (exact) mass is 355 g/mol. The van der Waals surface area contributed by atoms with Gasteiger partial charge < -0.3 is 10.1 Å². The molecule has 0 heterocycles. The van der Waals surface area contributed by atoms with Crippen molar-refractivity contribution >= 4 is 27.6 Å². The van der Waals surface area contributed by atoms with Gasteiger partial charge in [0.2, 0.25) is 0 Å². The first kappa shape index (κ1) is 18.0. The van der Waals surface area contributed by atoms with E-state index in [4.69, 9.17) is 4.74 Å². The Morgan fingerprint density at radius 3 is 2.62 bits per heavy atom. The number of benzene rings is 1. The number of rotatable bonds is 8. The molecule has 2 unspecified atom stereocenters. The molecule has 0 fully saturated rings. The Labute approximate surface area is 136 Å². The van der Waals surface area contributed by atoms with Crippen LogP contribution >= 0.6 is 15.9 Å². The Bertz CT molecular complexity index is 464. The van der Waals surface area contributed by atoms with Crippen LogP contribution in [0.15, 0.2) is 28.7 Å². The average molecular weight is 356 g/mol. The van der Waals surface area contributed by atoms with Crippen molar-refractivity contribution in [3.63, 3.8) is 0 Å². The van der Waals surface area contributed by atoms with E-state index < -0.39 is 5.54 Å². The van der Waals surface area contributed by atoms with Crippen LogP contribution in [0.5, 0.6) is 0 Å². The van der Waals surface area contributed by atoms with Crippen LogP contribution in [0.4, 0.5) is 5.69 Å². The zero-order valence-corrected chi connectivity index (χ0v) is 15.0. The molecule has 1 N–H and O–H groups in total. The van der Waals surface area contributed by atoms with E-state index in [1.807, 2.05) is 38.1 Å². The summed E-state index contributed by atoms with van der Waals surface area (Å²) in [5, 5.41) is 3.43. The molecule has 0 aliphatic carbocycles. The summed E-state index contributed by atoms with van der Waals surface area (Å²) in [6, 6.07) is 7.89. The summed E-state index contributed by atoms with van der Waals surface area (Å²) in [5.41, 5.74) is 0.272. The number of hydrogen-bond donors (Lipinski definition) is 1. The molecule has 2 atom stereocenters. The first-order valence-electron chi connectivity index (χ1n) is 7.68. The number of ether oxygens (including phenoxy) is 1. The van der Waals surface area contributed by atoms with E-state index in [1.165, 1.54) is 0 Å². The second-order valence-corrected chi connectivity index (χ2v) is 6.42. The summed E-state index contributed by atoms with van der Waals surface area (Å²) in [7, 11) is 0. The summed E-state index contributed by atoms with van der Waals surface area (Å²) in [5.74, 6) is 0.293. The van der Waals surface area contributed by atoms with Crippen LogP contribution in [-0.2, 0) is 9.53 Å². The summed E-state index contributed by atoms with van der Waals surface area (Å²) < 4.78 is 6.32. The second kappa shape index (κ2) is 8.42. The number of carbonyl (C=O) groups excluding carboxylic acids is 1. The van der Waals surface area contributed by atoms with Crippen LogP contribution in [0.2, 0.25) is 0 Å². The van der Waals surface area contributed by atoms with Gasteiger partial charge in [0.05, 0.1) is 6.61 Å². The van der Waals surface area contributed by atoms with E-state index in [0.29, 0.717) is 18.9 Å². The molecule has 0 aromatic heterocycles. The van der Waals surface area contributed by atoms with E-state index in [9.17, 15) is 4.79 Å². The summed E-state index contributed by atoms with van der Waals surface area (Å²) in [6.45, 7) is 8.60. The molecule has 3 nitrogen and oxygen atoms in total. The van der Waals surface area contributed by atoms with E-state index >= 15 is 0 Å². The lowest BCUT2D eigenvalue weighted by atomic mass is 9.84. The lowest BCUT2D eigenvalue weighted by molar-refractivity contribution is -0.149. The number of esters is 1. The Balaban J connectivity index is 3.06. The molecule has 1 aromatic carbocycles.